The van der Waals surface area contributed by atoms with Gasteiger partial charge in [-0.3, -0.25) is 9.59 Å². The van der Waals surface area contributed by atoms with E-state index in [2.05, 4.69) is 24.5 Å². The molecule has 0 spiro atoms. The maximum Gasteiger partial charge on any atom is 0.309 e. The molecule has 0 fully saturated rings. The summed E-state index contributed by atoms with van der Waals surface area (Å²) in [5.41, 5.74) is 0.832. The first-order valence-corrected chi connectivity index (χ1v) is 6.72. The molecular weight excluding hydrogens is 256 g/mol. The van der Waals surface area contributed by atoms with Gasteiger partial charge in [0.05, 0.1) is 7.11 Å². The number of rotatable bonds is 6. The average molecular weight is 278 g/mol. The quantitative estimate of drug-likeness (QED) is 0.774. The van der Waals surface area contributed by atoms with Crippen molar-refractivity contribution >= 4 is 11.8 Å². The molecule has 110 valence electrons. The second-order valence-corrected chi connectivity index (χ2v) is 4.93. The molecule has 0 saturated carbocycles. The highest BCUT2D eigenvalue weighted by molar-refractivity contribution is 6.35. The van der Waals surface area contributed by atoms with Crippen molar-refractivity contribution in [3.05, 3.63) is 29.8 Å². The van der Waals surface area contributed by atoms with Crippen LogP contribution in [-0.4, -0.2) is 25.5 Å². The highest BCUT2D eigenvalue weighted by atomic mass is 16.5. The summed E-state index contributed by atoms with van der Waals surface area (Å²) in [7, 11) is 1.57. The number of benzene rings is 1. The zero-order chi connectivity index (χ0) is 15.0. The fourth-order valence-electron chi connectivity index (χ4n) is 1.66. The molecule has 1 rings (SSSR count). The fourth-order valence-corrected chi connectivity index (χ4v) is 1.66. The van der Waals surface area contributed by atoms with Crippen molar-refractivity contribution in [3.8, 4) is 5.75 Å². The molecule has 20 heavy (non-hydrogen) atoms. The van der Waals surface area contributed by atoms with Crippen LogP contribution in [0.5, 0.6) is 5.75 Å². The molecule has 1 aromatic carbocycles. The normalized spacial score (nSPS) is 10.2. The van der Waals surface area contributed by atoms with Crippen molar-refractivity contribution in [2.24, 2.45) is 5.92 Å². The van der Waals surface area contributed by atoms with Crippen molar-refractivity contribution in [3.63, 3.8) is 0 Å². The van der Waals surface area contributed by atoms with E-state index in [-0.39, 0.29) is 6.54 Å². The molecule has 0 atom stereocenters. The van der Waals surface area contributed by atoms with Crippen LogP contribution < -0.4 is 15.4 Å². The third-order valence-electron chi connectivity index (χ3n) is 2.85. The van der Waals surface area contributed by atoms with Crippen molar-refractivity contribution in [1.29, 1.82) is 0 Å². The lowest BCUT2D eigenvalue weighted by Crippen LogP contribution is -2.40. The highest BCUT2D eigenvalue weighted by Crippen LogP contribution is 2.16. The van der Waals surface area contributed by atoms with E-state index in [1.54, 1.807) is 7.11 Å². The first kappa shape index (κ1) is 16.0. The third-order valence-corrected chi connectivity index (χ3v) is 2.85. The van der Waals surface area contributed by atoms with Crippen LogP contribution >= 0.6 is 0 Å². The predicted molar refractivity (Wildman–Crippen MR) is 77.3 cm³/mol. The molecule has 0 radical (unpaired) electrons. The van der Waals surface area contributed by atoms with Gasteiger partial charge in [-0.15, -0.1) is 0 Å². The second-order valence-electron chi connectivity index (χ2n) is 4.93. The van der Waals surface area contributed by atoms with Gasteiger partial charge in [-0.1, -0.05) is 32.0 Å². The molecule has 2 amide bonds. The minimum absolute atomic E-state index is 0.264. The van der Waals surface area contributed by atoms with Gasteiger partial charge < -0.3 is 15.4 Å². The molecule has 0 aromatic heterocycles. The maximum atomic E-state index is 11.6. The number of methoxy groups -OCH3 is 1. The van der Waals surface area contributed by atoms with Gasteiger partial charge >= 0.3 is 11.8 Å². The van der Waals surface area contributed by atoms with E-state index in [9.17, 15) is 9.59 Å². The number of nitrogens with one attached hydrogen (secondary N) is 2. The Bertz CT molecular complexity index is 458. The molecule has 0 aliphatic rings. The average Bonchev–Trinajstić information content (AvgIpc) is 2.44. The molecule has 5 nitrogen and oxygen atoms in total. The molecule has 1 aromatic rings. The van der Waals surface area contributed by atoms with Gasteiger partial charge in [0.25, 0.3) is 0 Å². The van der Waals surface area contributed by atoms with Crippen LogP contribution in [0.4, 0.5) is 0 Å². The summed E-state index contributed by atoms with van der Waals surface area (Å²) in [4.78, 5) is 23.2. The van der Waals surface area contributed by atoms with E-state index in [4.69, 9.17) is 4.74 Å². The summed E-state index contributed by atoms with van der Waals surface area (Å²) in [6.07, 6.45) is 0.853. The van der Waals surface area contributed by atoms with E-state index in [0.29, 0.717) is 18.2 Å². The Hall–Kier alpha value is -2.04. The Morgan fingerprint density at radius 1 is 1.15 bits per heavy atom. The Labute approximate surface area is 119 Å². The molecular formula is C15H22N2O3. The van der Waals surface area contributed by atoms with E-state index in [0.717, 1.165) is 12.0 Å². The van der Waals surface area contributed by atoms with Crippen molar-refractivity contribution < 1.29 is 14.3 Å². The Morgan fingerprint density at radius 2 is 1.80 bits per heavy atom. The summed E-state index contributed by atoms with van der Waals surface area (Å²) < 4.78 is 5.18. The van der Waals surface area contributed by atoms with Crippen LogP contribution in [0.15, 0.2) is 24.3 Å². The number of hydrogen-bond acceptors (Lipinski definition) is 3. The van der Waals surface area contributed by atoms with Gasteiger partial charge in [0.2, 0.25) is 0 Å². The fraction of sp³-hybridized carbons (Fsp3) is 0.467. The zero-order valence-corrected chi connectivity index (χ0v) is 12.2. The first-order chi connectivity index (χ1) is 9.54. The maximum absolute atomic E-state index is 11.6. The van der Waals surface area contributed by atoms with Gasteiger partial charge in [-0.25, -0.2) is 0 Å². The van der Waals surface area contributed by atoms with Crippen LogP contribution in [0, 0.1) is 5.92 Å². The predicted octanol–water partition coefficient (Wildman–Crippen LogP) is 1.47. The van der Waals surface area contributed by atoms with E-state index < -0.39 is 11.8 Å². The lowest BCUT2D eigenvalue weighted by atomic mass is 10.1. The monoisotopic (exact) mass is 278 g/mol. The number of para-hydroxylation sites is 1. The number of amides is 2. The van der Waals surface area contributed by atoms with Gasteiger partial charge in [0.15, 0.2) is 0 Å². The number of carbonyl (C=O) groups is 2. The minimum Gasteiger partial charge on any atom is -0.496 e. The lowest BCUT2D eigenvalue weighted by molar-refractivity contribution is -0.139. The molecule has 0 heterocycles. The number of hydrogen-bond donors (Lipinski definition) is 2. The summed E-state index contributed by atoms with van der Waals surface area (Å²) >= 11 is 0. The van der Waals surface area contributed by atoms with Crippen molar-refractivity contribution in [2.75, 3.05) is 13.7 Å². The van der Waals surface area contributed by atoms with Crippen LogP contribution in [0.2, 0.25) is 0 Å². The van der Waals surface area contributed by atoms with Crippen molar-refractivity contribution in [2.45, 2.75) is 26.8 Å². The van der Waals surface area contributed by atoms with Crippen LogP contribution in [0.25, 0.3) is 0 Å². The molecule has 0 aliphatic carbocycles. The Morgan fingerprint density at radius 3 is 2.45 bits per heavy atom. The molecule has 0 bridgehead atoms. The number of ether oxygens (including phenoxy) is 1. The highest BCUT2D eigenvalue weighted by Gasteiger charge is 2.13. The topological polar surface area (TPSA) is 67.4 Å². The smallest absolute Gasteiger partial charge is 0.309 e. The minimum atomic E-state index is -0.625. The Balaban J connectivity index is 2.40. The molecule has 0 unspecified atom stereocenters. The van der Waals surface area contributed by atoms with Gasteiger partial charge in [-0.05, 0) is 18.4 Å². The van der Waals surface area contributed by atoms with E-state index in [1.807, 2.05) is 24.3 Å². The van der Waals surface area contributed by atoms with Crippen LogP contribution in [0.1, 0.15) is 25.8 Å². The molecule has 2 N–H and O–H groups in total. The number of carbonyl (C=O) groups excluding carboxylic acids is 2. The molecule has 5 heteroatoms. The van der Waals surface area contributed by atoms with Crippen LogP contribution in [-0.2, 0) is 16.1 Å². The van der Waals surface area contributed by atoms with E-state index in [1.165, 1.54) is 0 Å². The van der Waals surface area contributed by atoms with Crippen LogP contribution in [0.3, 0.4) is 0 Å². The first-order valence-electron chi connectivity index (χ1n) is 6.72. The van der Waals surface area contributed by atoms with Gasteiger partial charge in [0.1, 0.15) is 5.75 Å². The summed E-state index contributed by atoms with van der Waals surface area (Å²) in [5.74, 6) is -0.0415. The third kappa shape index (κ3) is 5.30. The van der Waals surface area contributed by atoms with Gasteiger partial charge in [0, 0.05) is 18.7 Å². The second kappa shape index (κ2) is 8.19. The van der Waals surface area contributed by atoms with Gasteiger partial charge in [-0.2, -0.15) is 0 Å². The molecule has 0 aliphatic heterocycles. The van der Waals surface area contributed by atoms with E-state index >= 15 is 0 Å². The summed E-state index contributed by atoms with van der Waals surface area (Å²) in [6.45, 7) is 4.90. The standard InChI is InChI=1S/C15H22N2O3/c1-11(2)8-9-16-14(18)15(19)17-10-12-6-4-5-7-13(12)20-3/h4-7,11H,8-10H2,1-3H3,(H,16,18)(H,17,19). The largest absolute Gasteiger partial charge is 0.496 e. The molecule has 0 saturated heterocycles. The summed E-state index contributed by atoms with van der Waals surface area (Å²) in [5, 5.41) is 5.18. The summed E-state index contributed by atoms with van der Waals surface area (Å²) in [6, 6.07) is 7.36. The zero-order valence-electron chi connectivity index (χ0n) is 12.2. The Kier molecular flexibility index (Phi) is 6.56. The SMILES string of the molecule is COc1ccccc1CNC(=O)C(=O)NCCC(C)C. The van der Waals surface area contributed by atoms with Crippen molar-refractivity contribution in [1.82, 2.24) is 10.6 Å². The lowest BCUT2D eigenvalue weighted by Gasteiger charge is -2.10.